The van der Waals surface area contributed by atoms with Gasteiger partial charge in [-0.2, -0.15) is 5.10 Å². The SMILES string of the molecule is Cc1c(NC(=O)c2ccn[nH]c2=O)cccc1-c1cccc(B2OC(C)(C)C(C)(C)O2)c1Cl. The summed E-state index contributed by atoms with van der Waals surface area (Å²) in [7, 11) is -0.593. The van der Waals surface area contributed by atoms with E-state index in [9.17, 15) is 9.59 Å². The molecule has 3 aromatic rings. The van der Waals surface area contributed by atoms with Gasteiger partial charge in [0.05, 0.1) is 11.2 Å². The van der Waals surface area contributed by atoms with Crippen LogP contribution in [0.1, 0.15) is 43.6 Å². The van der Waals surface area contributed by atoms with Gasteiger partial charge in [-0.15, -0.1) is 0 Å². The van der Waals surface area contributed by atoms with Crippen molar-refractivity contribution in [2.75, 3.05) is 5.32 Å². The lowest BCUT2D eigenvalue weighted by Gasteiger charge is -2.32. The van der Waals surface area contributed by atoms with Crippen molar-refractivity contribution in [3.8, 4) is 11.1 Å². The predicted octanol–water partition coefficient (Wildman–Crippen LogP) is 3.95. The number of amides is 1. The lowest BCUT2D eigenvalue weighted by Crippen LogP contribution is -2.41. The van der Waals surface area contributed by atoms with Crippen LogP contribution in [0.25, 0.3) is 11.1 Å². The third-order valence-electron chi connectivity index (χ3n) is 6.38. The maximum absolute atomic E-state index is 12.6. The summed E-state index contributed by atoms with van der Waals surface area (Å²) in [4.78, 5) is 24.5. The highest BCUT2D eigenvalue weighted by molar-refractivity contribution is 6.66. The van der Waals surface area contributed by atoms with Crippen LogP contribution in [-0.4, -0.2) is 34.4 Å². The van der Waals surface area contributed by atoms with E-state index in [0.717, 1.165) is 22.2 Å². The molecule has 1 aromatic heterocycles. The fraction of sp³-hybridized carbons (Fsp3) is 0.292. The summed E-state index contributed by atoms with van der Waals surface area (Å²) in [6.45, 7) is 9.87. The van der Waals surface area contributed by atoms with E-state index in [-0.39, 0.29) is 5.56 Å². The zero-order chi connectivity index (χ0) is 24.0. The number of hydrogen-bond donors (Lipinski definition) is 2. The normalized spacial score (nSPS) is 16.6. The molecule has 0 aliphatic carbocycles. The predicted molar refractivity (Wildman–Crippen MR) is 130 cm³/mol. The number of carbonyl (C=O) groups is 1. The van der Waals surface area contributed by atoms with Crippen LogP contribution in [-0.2, 0) is 9.31 Å². The molecule has 2 heterocycles. The van der Waals surface area contributed by atoms with Gasteiger partial charge in [-0.05, 0) is 57.9 Å². The molecule has 7 nitrogen and oxygen atoms in total. The summed E-state index contributed by atoms with van der Waals surface area (Å²) in [5, 5.41) is 9.21. The maximum atomic E-state index is 12.6. The first-order valence-corrected chi connectivity index (χ1v) is 11.0. The van der Waals surface area contributed by atoms with Gasteiger partial charge in [-0.1, -0.05) is 41.9 Å². The van der Waals surface area contributed by atoms with E-state index in [2.05, 4.69) is 15.5 Å². The zero-order valence-electron chi connectivity index (χ0n) is 19.2. The number of hydrogen-bond acceptors (Lipinski definition) is 5. The second-order valence-electron chi connectivity index (χ2n) is 9.03. The molecular weight excluding hydrogens is 441 g/mol. The van der Waals surface area contributed by atoms with Crippen LogP contribution >= 0.6 is 11.6 Å². The molecule has 0 atom stereocenters. The van der Waals surface area contributed by atoms with Crippen molar-refractivity contribution in [3.05, 3.63) is 75.2 Å². The molecule has 0 saturated carbocycles. The highest BCUT2D eigenvalue weighted by Gasteiger charge is 2.52. The number of nitrogens with one attached hydrogen (secondary N) is 2. The van der Waals surface area contributed by atoms with Crippen molar-refractivity contribution in [2.45, 2.75) is 45.8 Å². The fourth-order valence-electron chi connectivity index (χ4n) is 3.68. The zero-order valence-corrected chi connectivity index (χ0v) is 19.9. The van der Waals surface area contributed by atoms with Crippen molar-refractivity contribution >= 4 is 35.8 Å². The first-order chi connectivity index (χ1) is 15.5. The number of rotatable bonds is 4. The van der Waals surface area contributed by atoms with Crippen molar-refractivity contribution in [2.24, 2.45) is 0 Å². The molecule has 9 heteroatoms. The molecule has 0 spiro atoms. The van der Waals surface area contributed by atoms with E-state index in [0.29, 0.717) is 10.7 Å². The van der Waals surface area contributed by atoms with Crippen LogP contribution in [0.15, 0.2) is 53.5 Å². The van der Waals surface area contributed by atoms with Crippen LogP contribution in [0.3, 0.4) is 0 Å². The first-order valence-electron chi connectivity index (χ1n) is 10.6. The molecule has 170 valence electrons. The second kappa shape index (κ2) is 8.45. The number of aromatic amines is 1. The summed E-state index contributed by atoms with van der Waals surface area (Å²) >= 11 is 6.86. The molecule has 33 heavy (non-hydrogen) atoms. The number of anilines is 1. The number of benzene rings is 2. The van der Waals surface area contributed by atoms with Gasteiger partial charge in [0.1, 0.15) is 5.56 Å². The van der Waals surface area contributed by atoms with E-state index < -0.39 is 29.8 Å². The monoisotopic (exact) mass is 465 g/mol. The fourth-order valence-corrected chi connectivity index (χ4v) is 4.00. The highest BCUT2D eigenvalue weighted by Crippen LogP contribution is 2.38. The van der Waals surface area contributed by atoms with Crippen LogP contribution < -0.4 is 16.3 Å². The Bertz CT molecular complexity index is 1270. The Kier molecular flexibility index (Phi) is 5.95. The minimum Gasteiger partial charge on any atom is -0.399 e. The Morgan fingerprint density at radius 3 is 2.33 bits per heavy atom. The van der Waals surface area contributed by atoms with Gasteiger partial charge in [0.25, 0.3) is 11.5 Å². The maximum Gasteiger partial charge on any atom is 0.496 e. The standard InChI is InChI=1S/C24H25BClN3O4/c1-14-15(8-7-11-19(14)28-21(30)17-12-13-27-29-22(17)31)16-9-6-10-18(20(16)26)25-32-23(2,3)24(4,5)33-25/h6-13H,1-5H3,(H,28,30)(H,29,31). The molecule has 4 rings (SSSR count). The third-order valence-corrected chi connectivity index (χ3v) is 6.80. The van der Waals surface area contributed by atoms with Crippen molar-refractivity contribution in [3.63, 3.8) is 0 Å². The average Bonchev–Trinajstić information content (AvgIpc) is 2.97. The minimum absolute atomic E-state index is 0.0180. The van der Waals surface area contributed by atoms with Gasteiger partial charge in [-0.25, -0.2) is 5.10 Å². The quantitative estimate of drug-likeness (QED) is 0.569. The second-order valence-corrected chi connectivity index (χ2v) is 9.41. The topological polar surface area (TPSA) is 93.3 Å². The Morgan fingerprint density at radius 2 is 1.67 bits per heavy atom. The Morgan fingerprint density at radius 1 is 1.03 bits per heavy atom. The van der Waals surface area contributed by atoms with Gasteiger partial charge >= 0.3 is 7.12 Å². The average molecular weight is 466 g/mol. The molecule has 2 N–H and O–H groups in total. The lowest BCUT2D eigenvalue weighted by atomic mass is 9.77. The highest BCUT2D eigenvalue weighted by atomic mass is 35.5. The summed E-state index contributed by atoms with van der Waals surface area (Å²) in [6.07, 6.45) is 1.36. The number of H-pyrrole nitrogens is 1. The van der Waals surface area contributed by atoms with Gasteiger partial charge in [0.2, 0.25) is 0 Å². The van der Waals surface area contributed by atoms with E-state index in [1.54, 1.807) is 6.07 Å². The van der Waals surface area contributed by atoms with Gasteiger partial charge in [0.15, 0.2) is 0 Å². The van der Waals surface area contributed by atoms with E-state index in [1.165, 1.54) is 12.3 Å². The van der Waals surface area contributed by atoms with Crippen molar-refractivity contribution in [1.29, 1.82) is 0 Å². The molecule has 2 aromatic carbocycles. The van der Waals surface area contributed by atoms with E-state index in [1.807, 2.05) is 65.0 Å². The third kappa shape index (κ3) is 4.22. The molecule has 1 saturated heterocycles. The lowest BCUT2D eigenvalue weighted by molar-refractivity contribution is 0.00578. The van der Waals surface area contributed by atoms with Gasteiger partial charge < -0.3 is 14.6 Å². The number of carbonyl (C=O) groups excluding carboxylic acids is 1. The molecule has 1 aliphatic rings. The van der Waals surface area contributed by atoms with Crippen LogP contribution in [0.2, 0.25) is 5.02 Å². The van der Waals surface area contributed by atoms with Crippen molar-refractivity contribution < 1.29 is 14.1 Å². The van der Waals surface area contributed by atoms with Gasteiger partial charge in [0, 0.05) is 27.9 Å². The summed E-state index contributed by atoms with van der Waals surface area (Å²) in [5.41, 5.74) is 2.22. The minimum atomic E-state index is -0.593. The van der Waals surface area contributed by atoms with E-state index >= 15 is 0 Å². The molecule has 1 aliphatic heterocycles. The Hall–Kier alpha value is -2.94. The van der Waals surface area contributed by atoms with Crippen molar-refractivity contribution in [1.82, 2.24) is 10.2 Å². The van der Waals surface area contributed by atoms with Crippen LogP contribution in [0.4, 0.5) is 5.69 Å². The first kappa shape index (κ1) is 23.2. The van der Waals surface area contributed by atoms with Crippen LogP contribution in [0, 0.1) is 6.92 Å². The molecule has 1 fully saturated rings. The summed E-state index contributed by atoms with van der Waals surface area (Å²) < 4.78 is 12.4. The molecule has 0 bridgehead atoms. The number of halogens is 1. The van der Waals surface area contributed by atoms with Gasteiger partial charge in [-0.3, -0.25) is 9.59 Å². The summed E-state index contributed by atoms with van der Waals surface area (Å²) in [5.74, 6) is -0.518. The smallest absolute Gasteiger partial charge is 0.399 e. The number of nitrogens with zero attached hydrogens (tertiary/aromatic N) is 1. The molecular formula is C24H25BClN3O4. The van der Waals surface area contributed by atoms with Crippen LogP contribution in [0.5, 0.6) is 0 Å². The summed E-state index contributed by atoms with van der Waals surface area (Å²) in [6, 6.07) is 12.6. The Balaban J connectivity index is 1.69. The molecule has 0 radical (unpaired) electrons. The number of aromatic nitrogens is 2. The largest absolute Gasteiger partial charge is 0.496 e. The Labute approximate surface area is 197 Å². The molecule has 0 unspecified atom stereocenters. The molecule has 1 amide bonds. The van der Waals surface area contributed by atoms with E-state index in [4.69, 9.17) is 20.9 Å².